The Morgan fingerprint density at radius 1 is 1.26 bits per heavy atom. The SMILES string of the molecule is CCNC(=NCc1ccc(C)cc1OC1CCOC1)NC1C2CCOC2C12CCC2.I. The van der Waals surface area contributed by atoms with Crippen LogP contribution in [-0.2, 0) is 16.0 Å². The number of hydrogen-bond acceptors (Lipinski definition) is 4. The van der Waals surface area contributed by atoms with Gasteiger partial charge in [-0.2, -0.15) is 0 Å². The van der Waals surface area contributed by atoms with Gasteiger partial charge in [0.05, 0.1) is 25.9 Å². The van der Waals surface area contributed by atoms with Gasteiger partial charge in [-0.3, -0.25) is 0 Å². The molecule has 4 atom stereocenters. The monoisotopic (exact) mass is 541 g/mol. The minimum atomic E-state index is 0. The van der Waals surface area contributed by atoms with Crippen molar-refractivity contribution in [2.75, 3.05) is 26.4 Å². The summed E-state index contributed by atoms with van der Waals surface area (Å²) in [5.74, 6) is 2.48. The number of hydrogen-bond donors (Lipinski definition) is 2. The van der Waals surface area contributed by atoms with E-state index in [0.29, 0.717) is 36.6 Å². The smallest absolute Gasteiger partial charge is 0.191 e. The van der Waals surface area contributed by atoms with E-state index in [-0.39, 0.29) is 30.1 Å². The van der Waals surface area contributed by atoms with Crippen molar-refractivity contribution in [3.63, 3.8) is 0 Å². The summed E-state index contributed by atoms with van der Waals surface area (Å²) in [5.41, 5.74) is 2.67. The van der Waals surface area contributed by atoms with Crippen LogP contribution in [0.3, 0.4) is 0 Å². The zero-order valence-electron chi connectivity index (χ0n) is 18.7. The van der Waals surface area contributed by atoms with Gasteiger partial charge in [0.1, 0.15) is 11.9 Å². The molecule has 31 heavy (non-hydrogen) atoms. The molecule has 5 rings (SSSR count). The number of rotatable bonds is 6. The van der Waals surface area contributed by atoms with Crippen molar-refractivity contribution in [3.8, 4) is 5.75 Å². The van der Waals surface area contributed by atoms with Crippen LogP contribution in [0, 0.1) is 18.3 Å². The normalized spacial score (nSPS) is 30.7. The molecule has 4 fully saturated rings. The molecule has 1 spiro atoms. The highest BCUT2D eigenvalue weighted by atomic mass is 127. The summed E-state index contributed by atoms with van der Waals surface area (Å²) in [4.78, 5) is 4.95. The van der Waals surface area contributed by atoms with Crippen molar-refractivity contribution < 1.29 is 14.2 Å². The van der Waals surface area contributed by atoms with Crippen LogP contribution in [0.4, 0.5) is 0 Å². The van der Waals surface area contributed by atoms with Crippen LogP contribution < -0.4 is 15.4 Å². The van der Waals surface area contributed by atoms with Crippen molar-refractivity contribution in [1.82, 2.24) is 10.6 Å². The van der Waals surface area contributed by atoms with Gasteiger partial charge in [-0.25, -0.2) is 4.99 Å². The molecular weight excluding hydrogens is 505 g/mol. The fraction of sp³-hybridized carbons (Fsp3) is 0.708. The Hall–Kier alpha value is -1.06. The van der Waals surface area contributed by atoms with Gasteiger partial charge >= 0.3 is 0 Å². The van der Waals surface area contributed by atoms with E-state index in [2.05, 4.69) is 42.7 Å². The van der Waals surface area contributed by atoms with Crippen molar-refractivity contribution in [2.45, 2.75) is 70.7 Å². The number of nitrogens with one attached hydrogen (secondary N) is 2. The standard InChI is InChI=1S/C24H35N3O3.HI/c1-3-25-23(27-21-19-8-12-29-22(19)24(21)9-4-10-24)26-14-17-6-5-16(2)13-20(17)30-18-7-11-28-15-18;/h5-6,13,18-19,21-22H,3-4,7-12,14-15H2,1-2H3,(H2,25,26,27);1H. The number of aryl methyl sites for hydroxylation is 1. The summed E-state index contributed by atoms with van der Waals surface area (Å²) >= 11 is 0. The van der Waals surface area contributed by atoms with E-state index in [0.717, 1.165) is 43.5 Å². The fourth-order valence-electron chi connectivity index (χ4n) is 5.77. The molecule has 2 heterocycles. The first-order valence-electron chi connectivity index (χ1n) is 11.7. The first-order valence-corrected chi connectivity index (χ1v) is 11.7. The van der Waals surface area contributed by atoms with E-state index >= 15 is 0 Å². The number of guanidine groups is 1. The Bertz CT molecular complexity index is 792. The summed E-state index contributed by atoms with van der Waals surface area (Å²) in [6.07, 6.45) is 6.63. The first-order chi connectivity index (χ1) is 14.7. The van der Waals surface area contributed by atoms with Crippen molar-refractivity contribution in [2.24, 2.45) is 16.3 Å². The molecule has 0 amide bonds. The predicted octanol–water partition coefficient (Wildman–Crippen LogP) is 3.79. The molecule has 6 nitrogen and oxygen atoms in total. The van der Waals surface area contributed by atoms with Crippen LogP contribution in [0.15, 0.2) is 23.2 Å². The van der Waals surface area contributed by atoms with Gasteiger partial charge < -0.3 is 24.8 Å². The van der Waals surface area contributed by atoms with E-state index in [1.54, 1.807) is 0 Å². The Labute approximate surface area is 202 Å². The summed E-state index contributed by atoms with van der Waals surface area (Å²) in [6, 6.07) is 6.89. The van der Waals surface area contributed by atoms with Crippen LogP contribution in [0.1, 0.15) is 50.2 Å². The lowest BCUT2D eigenvalue weighted by molar-refractivity contribution is -0.171. The first kappa shape index (κ1) is 23.1. The Balaban J connectivity index is 0.00000231. The lowest BCUT2D eigenvalue weighted by Crippen LogP contribution is -2.72. The van der Waals surface area contributed by atoms with Crippen molar-refractivity contribution in [1.29, 1.82) is 0 Å². The Kier molecular flexibility index (Phi) is 7.33. The second-order valence-electron chi connectivity index (χ2n) is 9.36. The van der Waals surface area contributed by atoms with Gasteiger partial charge in [0, 0.05) is 42.5 Å². The average Bonchev–Trinajstić information content (AvgIpc) is 3.35. The number of benzene rings is 1. The zero-order valence-corrected chi connectivity index (χ0v) is 21.0. The predicted molar refractivity (Wildman–Crippen MR) is 132 cm³/mol. The highest BCUT2D eigenvalue weighted by Crippen LogP contribution is 2.62. The molecule has 0 bridgehead atoms. The molecule has 0 radical (unpaired) electrons. The molecule has 2 aliphatic carbocycles. The van der Waals surface area contributed by atoms with E-state index < -0.39 is 0 Å². The summed E-state index contributed by atoms with van der Waals surface area (Å²) in [7, 11) is 0. The molecule has 1 aromatic carbocycles. The second-order valence-corrected chi connectivity index (χ2v) is 9.36. The largest absolute Gasteiger partial charge is 0.488 e. The molecule has 1 aromatic rings. The number of aliphatic imine (C=N–C) groups is 1. The summed E-state index contributed by atoms with van der Waals surface area (Å²) < 4.78 is 17.8. The maximum atomic E-state index is 6.26. The minimum absolute atomic E-state index is 0. The van der Waals surface area contributed by atoms with E-state index in [1.165, 1.54) is 31.2 Å². The molecule has 172 valence electrons. The highest BCUT2D eigenvalue weighted by Gasteiger charge is 2.66. The summed E-state index contributed by atoms with van der Waals surface area (Å²) in [6.45, 7) is 8.06. The van der Waals surface area contributed by atoms with Crippen LogP contribution in [0.5, 0.6) is 5.75 Å². The molecule has 4 unspecified atom stereocenters. The number of ether oxygens (including phenoxy) is 3. The fourth-order valence-corrected chi connectivity index (χ4v) is 5.77. The third-order valence-corrected chi connectivity index (χ3v) is 7.48. The quantitative estimate of drug-likeness (QED) is 0.326. The van der Waals surface area contributed by atoms with Gasteiger partial charge in [0.15, 0.2) is 5.96 Å². The van der Waals surface area contributed by atoms with E-state index in [9.17, 15) is 0 Å². The number of halogens is 1. The average molecular weight is 541 g/mol. The molecule has 2 N–H and O–H groups in total. The topological polar surface area (TPSA) is 64.1 Å². The van der Waals surface area contributed by atoms with Gasteiger partial charge in [0.25, 0.3) is 0 Å². The van der Waals surface area contributed by atoms with Crippen molar-refractivity contribution >= 4 is 29.9 Å². The van der Waals surface area contributed by atoms with Crippen molar-refractivity contribution in [3.05, 3.63) is 29.3 Å². The van der Waals surface area contributed by atoms with Gasteiger partial charge in [0.2, 0.25) is 0 Å². The molecule has 0 aromatic heterocycles. The summed E-state index contributed by atoms with van der Waals surface area (Å²) in [5, 5.41) is 7.25. The van der Waals surface area contributed by atoms with Gasteiger partial charge in [-0.1, -0.05) is 18.6 Å². The van der Waals surface area contributed by atoms with Gasteiger partial charge in [-0.15, -0.1) is 24.0 Å². The Morgan fingerprint density at radius 2 is 2.13 bits per heavy atom. The third-order valence-electron chi connectivity index (χ3n) is 7.48. The number of fused-ring (bicyclic) bond motifs is 2. The highest BCUT2D eigenvalue weighted by molar-refractivity contribution is 14.0. The van der Waals surface area contributed by atoms with Crippen LogP contribution >= 0.6 is 24.0 Å². The molecule has 7 heteroatoms. The third kappa shape index (κ3) is 4.42. The minimum Gasteiger partial charge on any atom is -0.488 e. The molecular formula is C24H36IN3O3. The molecule has 4 aliphatic rings. The Morgan fingerprint density at radius 3 is 2.84 bits per heavy atom. The lowest BCUT2D eigenvalue weighted by atomic mass is 9.46. The second kappa shape index (κ2) is 9.83. The lowest BCUT2D eigenvalue weighted by Gasteiger charge is -2.63. The van der Waals surface area contributed by atoms with Gasteiger partial charge in [-0.05, 0) is 44.7 Å². The maximum absolute atomic E-state index is 6.26. The molecule has 2 saturated heterocycles. The molecule has 2 saturated carbocycles. The van der Waals surface area contributed by atoms with Crippen LogP contribution in [0.2, 0.25) is 0 Å². The van der Waals surface area contributed by atoms with E-state index in [4.69, 9.17) is 19.2 Å². The zero-order chi connectivity index (χ0) is 20.6. The number of nitrogens with zero attached hydrogens (tertiary/aromatic N) is 1. The van der Waals surface area contributed by atoms with E-state index in [1.807, 2.05) is 0 Å². The maximum Gasteiger partial charge on any atom is 0.191 e. The molecule has 2 aliphatic heterocycles. The van der Waals surface area contributed by atoms with Crippen LogP contribution in [-0.4, -0.2) is 50.6 Å². The van der Waals surface area contributed by atoms with Crippen LogP contribution in [0.25, 0.3) is 0 Å².